The first-order chi connectivity index (χ1) is 11.7. The average molecular weight is 326 g/mol. The summed E-state index contributed by atoms with van der Waals surface area (Å²) < 4.78 is 10.8. The number of carbonyl (C=O) groups excluding carboxylic acids is 1. The Balaban J connectivity index is 1.56. The lowest BCUT2D eigenvalue weighted by atomic mass is 10.0. The molecule has 2 amide bonds. The molecule has 1 unspecified atom stereocenters. The van der Waals surface area contributed by atoms with Gasteiger partial charge in [0.1, 0.15) is 11.5 Å². The second-order valence-electron chi connectivity index (χ2n) is 5.94. The molecule has 0 saturated heterocycles. The van der Waals surface area contributed by atoms with E-state index in [1.54, 1.807) is 7.11 Å². The third-order valence-electron chi connectivity index (χ3n) is 4.03. The van der Waals surface area contributed by atoms with Crippen LogP contribution >= 0.6 is 0 Å². The molecule has 0 aromatic heterocycles. The molecule has 1 atom stereocenters. The molecular weight excluding hydrogens is 304 g/mol. The van der Waals surface area contributed by atoms with Crippen molar-refractivity contribution in [3.8, 4) is 11.5 Å². The third kappa shape index (κ3) is 3.79. The van der Waals surface area contributed by atoms with Crippen LogP contribution in [0, 0.1) is 0 Å². The first-order valence-corrected chi connectivity index (χ1v) is 8.11. The van der Waals surface area contributed by atoms with Gasteiger partial charge in [0.25, 0.3) is 0 Å². The van der Waals surface area contributed by atoms with Crippen molar-refractivity contribution in [2.45, 2.75) is 25.8 Å². The summed E-state index contributed by atoms with van der Waals surface area (Å²) in [5.74, 6) is 1.62. The first-order valence-electron chi connectivity index (χ1n) is 8.11. The SMILES string of the molecule is COc1ccccc1NC(=O)NC(C)Cc1ccc2c(c1)CCO2. The Kier molecular flexibility index (Phi) is 4.89. The van der Waals surface area contributed by atoms with Crippen LogP contribution in [0.2, 0.25) is 0 Å². The summed E-state index contributed by atoms with van der Waals surface area (Å²) in [4.78, 5) is 12.2. The van der Waals surface area contributed by atoms with Gasteiger partial charge in [-0.3, -0.25) is 0 Å². The third-order valence-corrected chi connectivity index (χ3v) is 4.03. The minimum absolute atomic E-state index is 0.0140. The van der Waals surface area contributed by atoms with Crippen molar-refractivity contribution in [3.05, 3.63) is 53.6 Å². The van der Waals surface area contributed by atoms with Gasteiger partial charge in [0.05, 0.1) is 19.4 Å². The summed E-state index contributed by atoms with van der Waals surface area (Å²) >= 11 is 0. The summed E-state index contributed by atoms with van der Waals surface area (Å²) in [5.41, 5.74) is 3.10. The van der Waals surface area contributed by atoms with Crippen molar-refractivity contribution in [2.75, 3.05) is 19.0 Å². The molecule has 3 rings (SSSR count). The maximum Gasteiger partial charge on any atom is 0.319 e. The van der Waals surface area contributed by atoms with E-state index < -0.39 is 0 Å². The number of fused-ring (bicyclic) bond motifs is 1. The van der Waals surface area contributed by atoms with E-state index in [9.17, 15) is 4.79 Å². The number of hydrogen-bond acceptors (Lipinski definition) is 3. The minimum Gasteiger partial charge on any atom is -0.495 e. The molecule has 24 heavy (non-hydrogen) atoms. The fraction of sp³-hybridized carbons (Fsp3) is 0.316. The number of benzene rings is 2. The second kappa shape index (κ2) is 7.25. The lowest BCUT2D eigenvalue weighted by molar-refractivity contribution is 0.249. The Morgan fingerprint density at radius 1 is 1.29 bits per heavy atom. The molecule has 2 N–H and O–H groups in total. The van der Waals surface area contributed by atoms with Gasteiger partial charge in [0.2, 0.25) is 0 Å². The van der Waals surface area contributed by atoms with E-state index in [1.165, 1.54) is 11.1 Å². The normalized spacial score (nSPS) is 13.6. The van der Waals surface area contributed by atoms with E-state index in [2.05, 4.69) is 22.8 Å². The Morgan fingerprint density at radius 2 is 2.12 bits per heavy atom. The van der Waals surface area contributed by atoms with Gasteiger partial charge in [0, 0.05) is 12.5 Å². The largest absolute Gasteiger partial charge is 0.495 e. The molecule has 0 fully saturated rings. The van der Waals surface area contributed by atoms with Crippen LogP contribution in [-0.4, -0.2) is 25.8 Å². The topological polar surface area (TPSA) is 59.6 Å². The average Bonchev–Trinajstić information content (AvgIpc) is 3.02. The number of urea groups is 1. The molecule has 0 saturated carbocycles. The van der Waals surface area contributed by atoms with E-state index >= 15 is 0 Å². The van der Waals surface area contributed by atoms with Crippen molar-refractivity contribution in [1.82, 2.24) is 5.32 Å². The molecule has 0 radical (unpaired) electrons. The number of anilines is 1. The highest BCUT2D eigenvalue weighted by atomic mass is 16.5. The van der Waals surface area contributed by atoms with Crippen LogP contribution in [0.5, 0.6) is 11.5 Å². The van der Waals surface area contributed by atoms with Crippen LogP contribution in [0.25, 0.3) is 0 Å². The molecule has 2 aromatic carbocycles. The zero-order valence-corrected chi connectivity index (χ0v) is 14.0. The monoisotopic (exact) mass is 326 g/mol. The standard InChI is InChI=1S/C19H22N2O3/c1-13(11-14-7-8-17-15(12-14)9-10-24-17)20-19(22)21-16-5-3-4-6-18(16)23-2/h3-8,12-13H,9-11H2,1-2H3,(H2,20,21,22). The first kappa shape index (κ1) is 16.2. The zero-order chi connectivity index (χ0) is 16.9. The van der Waals surface area contributed by atoms with Crippen LogP contribution in [0.1, 0.15) is 18.1 Å². The highest BCUT2D eigenvalue weighted by Crippen LogP contribution is 2.26. The van der Waals surface area contributed by atoms with E-state index in [1.807, 2.05) is 37.3 Å². The molecule has 2 aromatic rings. The summed E-state index contributed by atoms with van der Waals surface area (Å²) in [5, 5.41) is 5.78. The van der Waals surface area contributed by atoms with Crippen LogP contribution in [0.4, 0.5) is 10.5 Å². The maximum absolute atomic E-state index is 12.2. The molecule has 1 heterocycles. The van der Waals surface area contributed by atoms with E-state index in [-0.39, 0.29) is 12.1 Å². The Labute approximate surface area is 142 Å². The van der Waals surface area contributed by atoms with E-state index in [4.69, 9.17) is 9.47 Å². The van der Waals surface area contributed by atoms with Gasteiger partial charge in [-0.25, -0.2) is 4.79 Å². The van der Waals surface area contributed by atoms with Gasteiger partial charge in [-0.1, -0.05) is 24.3 Å². The highest BCUT2D eigenvalue weighted by Gasteiger charge is 2.14. The molecular formula is C19H22N2O3. The van der Waals surface area contributed by atoms with Crippen molar-refractivity contribution in [2.24, 2.45) is 0 Å². The highest BCUT2D eigenvalue weighted by molar-refractivity contribution is 5.91. The van der Waals surface area contributed by atoms with Gasteiger partial charge in [-0.15, -0.1) is 0 Å². The van der Waals surface area contributed by atoms with Crippen molar-refractivity contribution >= 4 is 11.7 Å². The molecule has 126 valence electrons. The van der Waals surface area contributed by atoms with E-state index in [0.717, 1.165) is 25.2 Å². The predicted octanol–water partition coefficient (Wildman–Crippen LogP) is 3.38. The summed E-state index contributed by atoms with van der Waals surface area (Å²) in [7, 11) is 1.58. The quantitative estimate of drug-likeness (QED) is 0.885. The van der Waals surface area contributed by atoms with E-state index in [0.29, 0.717) is 11.4 Å². The molecule has 1 aliphatic heterocycles. The molecule has 5 heteroatoms. The summed E-state index contributed by atoms with van der Waals surface area (Å²) in [6.07, 6.45) is 1.73. The number of hydrogen-bond donors (Lipinski definition) is 2. The van der Waals surface area contributed by atoms with Crippen LogP contribution in [-0.2, 0) is 12.8 Å². The fourth-order valence-electron chi connectivity index (χ4n) is 2.90. The lowest BCUT2D eigenvalue weighted by Gasteiger charge is -2.16. The summed E-state index contributed by atoms with van der Waals surface area (Å²) in [6.45, 7) is 2.75. The fourth-order valence-corrected chi connectivity index (χ4v) is 2.90. The van der Waals surface area contributed by atoms with Gasteiger partial charge >= 0.3 is 6.03 Å². The second-order valence-corrected chi connectivity index (χ2v) is 5.94. The molecule has 0 aliphatic carbocycles. The maximum atomic E-state index is 12.2. The Morgan fingerprint density at radius 3 is 2.96 bits per heavy atom. The van der Waals surface area contributed by atoms with Crippen molar-refractivity contribution < 1.29 is 14.3 Å². The van der Waals surface area contributed by atoms with Gasteiger partial charge in [-0.2, -0.15) is 0 Å². The van der Waals surface area contributed by atoms with Crippen LogP contribution in [0.15, 0.2) is 42.5 Å². The number of carbonyl (C=O) groups is 1. The number of amides is 2. The smallest absolute Gasteiger partial charge is 0.319 e. The minimum atomic E-state index is -0.239. The number of rotatable bonds is 5. The van der Waals surface area contributed by atoms with Crippen molar-refractivity contribution in [3.63, 3.8) is 0 Å². The van der Waals surface area contributed by atoms with Gasteiger partial charge in [0.15, 0.2) is 0 Å². The number of methoxy groups -OCH3 is 1. The number of para-hydroxylation sites is 2. The molecule has 5 nitrogen and oxygen atoms in total. The van der Waals surface area contributed by atoms with Gasteiger partial charge < -0.3 is 20.1 Å². The zero-order valence-electron chi connectivity index (χ0n) is 14.0. The van der Waals surface area contributed by atoms with Crippen LogP contribution < -0.4 is 20.1 Å². The molecule has 0 bridgehead atoms. The lowest BCUT2D eigenvalue weighted by Crippen LogP contribution is -2.37. The van der Waals surface area contributed by atoms with Crippen molar-refractivity contribution in [1.29, 1.82) is 0 Å². The predicted molar refractivity (Wildman–Crippen MR) is 94.0 cm³/mol. The Hall–Kier alpha value is -2.69. The molecule has 0 spiro atoms. The number of ether oxygens (including phenoxy) is 2. The number of nitrogens with one attached hydrogen (secondary N) is 2. The molecule has 1 aliphatic rings. The van der Waals surface area contributed by atoms with Crippen LogP contribution in [0.3, 0.4) is 0 Å². The Bertz CT molecular complexity index is 730. The van der Waals surface area contributed by atoms with Gasteiger partial charge in [-0.05, 0) is 42.7 Å². The summed E-state index contributed by atoms with van der Waals surface area (Å²) in [6, 6.07) is 13.3.